The fourth-order valence-electron chi connectivity index (χ4n) is 8.70. The van der Waals surface area contributed by atoms with E-state index in [0.717, 1.165) is 69.1 Å². The molecule has 5 rings (SSSR count). The van der Waals surface area contributed by atoms with Crippen molar-refractivity contribution in [3.05, 3.63) is 39.7 Å². The van der Waals surface area contributed by atoms with Crippen LogP contribution < -0.4 is 0 Å². The van der Waals surface area contributed by atoms with E-state index in [-0.39, 0.29) is 29.1 Å². The predicted molar refractivity (Wildman–Crippen MR) is 214 cm³/mol. The highest BCUT2D eigenvalue weighted by Gasteiger charge is 2.50. The summed E-state index contributed by atoms with van der Waals surface area (Å²) < 4.78 is 19.4. The number of hydrogen-bond acceptors (Lipinski definition) is 7. The number of aromatic nitrogens is 1. The van der Waals surface area contributed by atoms with E-state index in [1.165, 1.54) is 34.5 Å². The monoisotopic (exact) mass is 739 g/mol. The summed E-state index contributed by atoms with van der Waals surface area (Å²) in [6, 6.07) is 10.2. The normalized spacial score (nSPS) is 22.9. The first-order valence-corrected chi connectivity index (χ1v) is 23.4. The maximum Gasteiger partial charge on any atom is 0.412 e. The first-order valence-electron chi connectivity index (χ1n) is 20.0. The van der Waals surface area contributed by atoms with Crippen molar-refractivity contribution < 1.29 is 18.7 Å². The summed E-state index contributed by atoms with van der Waals surface area (Å²) in [5, 5.41) is 3.58. The molecule has 9 heteroatoms. The van der Waals surface area contributed by atoms with Gasteiger partial charge in [-0.3, -0.25) is 4.90 Å². The van der Waals surface area contributed by atoms with Crippen LogP contribution in [0.2, 0.25) is 18.1 Å². The third-order valence-corrected chi connectivity index (χ3v) is 18.1. The van der Waals surface area contributed by atoms with Crippen molar-refractivity contribution in [3.63, 3.8) is 0 Å². The van der Waals surface area contributed by atoms with Crippen LogP contribution in [-0.2, 0) is 24.7 Å². The van der Waals surface area contributed by atoms with E-state index in [2.05, 4.69) is 76.9 Å². The second kappa shape index (κ2) is 15.5. The Morgan fingerprint density at radius 3 is 2.24 bits per heavy atom. The number of piperidine rings is 1. The van der Waals surface area contributed by atoms with Crippen LogP contribution in [0, 0.1) is 0 Å². The van der Waals surface area contributed by atoms with Gasteiger partial charge in [0.2, 0.25) is 0 Å². The quantitative estimate of drug-likeness (QED) is 0.202. The van der Waals surface area contributed by atoms with Crippen LogP contribution in [0.1, 0.15) is 144 Å². The number of ether oxygens (including phenoxy) is 2. The Kier molecular flexibility index (Phi) is 12.3. The number of carbonyl (C=O) groups excluding carboxylic acids is 1. The van der Waals surface area contributed by atoms with Crippen molar-refractivity contribution in [2.24, 2.45) is 0 Å². The third-order valence-electron chi connectivity index (χ3n) is 12.4. The molecule has 1 aromatic carbocycles. The Balaban J connectivity index is 1.21. The lowest BCUT2D eigenvalue weighted by Crippen LogP contribution is -2.56. The SMILES string of the molecule is CC[Si](CC)(CC)OC(CCCN1CCC(c2nc(-c3ccc4c(c3)C(C)(C)CCC4(C)C)cs2)CC1)C1COC(C)(C)N1C(=O)OC(C)(C)C. The number of carbonyl (C=O) groups is 1. The van der Waals surface area contributed by atoms with Crippen molar-refractivity contribution >= 4 is 25.7 Å². The summed E-state index contributed by atoms with van der Waals surface area (Å²) in [5.74, 6) is 0.523. The molecular weight excluding hydrogens is 671 g/mol. The van der Waals surface area contributed by atoms with Gasteiger partial charge in [0.1, 0.15) is 11.3 Å². The molecule has 2 saturated heterocycles. The summed E-state index contributed by atoms with van der Waals surface area (Å²) in [7, 11) is -1.94. The van der Waals surface area contributed by atoms with Crippen LogP contribution >= 0.6 is 11.3 Å². The van der Waals surface area contributed by atoms with Gasteiger partial charge >= 0.3 is 6.09 Å². The molecule has 51 heavy (non-hydrogen) atoms. The fourth-order valence-corrected chi connectivity index (χ4v) is 12.6. The zero-order chi connectivity index (χ0) is 37.4. The summed E-state index contributed by atoms with van der Waals surface area (Å²) in [4.78, 5) is 23.3. The molecule has 7 nitrogen and oxygen atoms in total. The standard InChI is InChI=1S/C42H69N3O4SSi/c1-13-51(14-2,15-3)49-36(35-28-47-42(11,12)45(35)38(46)48-39(4,5)6)17-16-24-44-25-20-30(21-26-44)37-43-34(29-50-37)31-18-19-32-33(27-31)41(9,10)23-22-40(32,7)8/h18-19,27,29-30,35-36H,13-17,20-26,28H2,1-12H3. The first kappa shape index (κ1) is 40.4. The van der Waals surface area contributed by atoms with Gasteiger partial charge in [-0.05, 0) is 139 Å². The zero-order valence-electron chi connectivity index (χ0n) is 34.1. The number of nitrogens with zero attached hydrogens (tertiary/aromatic N) is 3. The Morgan fingerprint density at radius 1 is 1.00 bits per heavy atom. The van der Waals surface area contributed by atoms with Gasteiger partial charge < -0.3 is 18.8 Å². The molecule has 0 spiro atoms. The third kappa shape index (κ3) is 9.13. The average molecular weight is 740 g/mol. The number of benzene rings is 1. The van der Waals surface area contributed by atoms with E-state index in [9.17, 15) is 4.79 Å². The topological polar surface area (TPSA) is 64.1 Å². The fraction of sp³-hybridized carbons (Fsp3) is 0.762. The lowest BCUT2D eigenvalue weighted by atomic mass is 9.63. The van der Waals surface area contributed by atoms with Crippen LogP contribution in [0.4, 0.5) is 4.79 Å². The molecular formula is C42H69N3O4SSi. The molecule has 3 aliphatic rings. The number of fused-ring (bicyclic) bond motifs is 1. The van der Waals surface area contributed by atoms with E-state index in [1.54, 1.807) is 0 Å². The summed E-state index contributed by atoms with van der Waals surface area (Å²) in [6.07, 6.45) is 6.30. The van der Waals surface area contributed by atoms with Crippen LogP contribution in [0.25, 0.3) is 11.3 Å². The van der Waals surface area contributed by atoms with Gasteiger partial charge in [0.05, 0.1) is 29.5 Å². The van der Waals surface area contributed by atoms with Gasteiger partial charge in [-0.2, -0.15) is 0 Å². The Hall–Kier alpha value is -1.78. The van der Waals surface area contributed by atoms with Crippen molar-refractivity contribution in [3.8, 4) is 11.3 Å². The smallest absolute Gasteiger partial charge is 0.412 e. The van der Waals surface area contributed by atoms with E-state index in [1.807, 2.05) is 50.9 Å². The second-order valence-corrected chi connectivity index (χ2v) is 24.0. The van der Waals surface area contributed by atoms with Crippen molar-refractivity contribution in [1.82, 2.24) is 14.8 Å². The van der Waals surface area contributed by atoms with Gasteiger partial charge in [0.15, 0.2) is 8.32 Å². The molecule has 0 bridgehead atoms. The largest absolute Gasteiger partial charge is 0.444 e. The molecule has 1 aromatic heterocycles. The molecule has 0 radical (unpaired) electrons. The molecule has 0 N–H and O–H groups in total. The van der Waals surface area contributed by atoms with Crippen LogP contribution in [0.15, 0.2) is 23.6 Å². The van der Waals surface area contributed by atoms with Gasteiger partial charge in [-0.25, -0.2) is 9.78 Å². The molecule has 1 aliphatic carbocycles. The van der Waals surface area contributed by atoms with Crippen molar-refractivity contribution in [2.45, 2.75) is 180 Å². The Morgan fingerprint density at radius 2 is 1.63 bits per heavy atom. The van der Waals surface area contributed by atoms with E-state index < -0.39 is 19.6 Å². The second-order valence-electron chi connectivity index (χ2n) is 18.4. The van der Waals surface area contributed by atoms with E-state index >= 15 is 0 Å². The van der Waals surface area contributed by atoms with Crippen molar-refractivity contribution in [2.75, 3.05) is 26.2 Å². The van der Waals surface area contributed by atoms with E-state index in [4.69, 9.17) is 18.9 Å². The molecule has 2 unspecified atom stereocenters. The molecule has 2 aromatic rings. The van der Waals surface area contributed by atoms with Gasteiger partial charge in [0.25, 0.3) is 0 Å². The highest BCUT2D eigenvalue weighted by molar-refractivity contribution is 7.10. The first-order chi connectivity index (χ1) is 23.8. The Labute approximate surface area is 315 Å². The minimum Gasteiger partial charge on any atom is -0.444 e. The Bertz CT molecular complexity index is 1480. The minimum absolute atomic E-state index is 0.0719. The van der Waals surface area contributed by atoms with Crippen LogP contribution in [0.3, 0.4) is 0 Å². The lowest BCUT2D eigenvalue weighted by molar-refractivity contribution is -0.0675. The van der Waals surface area contributed by atoms with E-state index in [0.29, 0.717) is 12.5 Å². The molecule has 286 valence electrons. The highest BCUT2D eigenvalue weighted by Crippen LogP contribution is 2.47. The number of amides is 1. The maximum atomic E-state index is 13.6. The maximum absolute atomic E-state index is 13.6. The summed E-state index contributed by atoms with van der Waals surface area (Å²) in [6.45, 7) is 29.8. The molecule has 3 heterocycles. The highest BCUT2D eigenvalue weighted by atomic mass is 32.1. The molecule has 2 fully saturated rings. The lowest BCUT2D eigenvalue weighted by Gasteiger charge is -2.42. The van der Waals surface area contributed by atoms with Crippen molar-refractivity contribution in [1.29, 1.82) is 0 Å². The summed E-state index contributed by atoms with van der Waals surface area (Å²) in [5.41, 5.74) is 4.52. The van der Waals surface area contributed by atoms with Crippen LogP contribution in [-0.4, -0.2) is 78.9 Å². The number of likely N-dealkylation sites (tertiary alicyclic amines) is 1. The molecule has 2 atom stereocenters. The predicted octanol–water partition coefficient (Wildman–Crippen LogP) is 10.9. The zero-order valence-corrected chi connectivity index (χ0v) is 35.9. The summed E-state index contributed by atoms with van der Waals surface area (Å²) >= 11 is 1.85. The van der Waals surface area contributed by atoms with Crippen LogP contribution in [0.5, 0.6) is 0 Å². The molecule has 2 aliphatic heterocycles. The van der Waals surface area contributed by atoms with Gasteiger partial charge in [0, 0.05) is 16.9 Å². The number of rotatable bonds is 12. The van der Waals surface area contributed by atoms with Gasteiger partial charge in [-0.1, -0.05) is 60.6 Å². The number of thiazole rings is 1. The minimum atomic E-state index is -1.94. The molecule has 1 amide bonds. The van der Waals surface area contributed by atoms with Gasteiger partial charge in [-0.15, -0.1) is 11.3 Å². The average Bonchev–Trinajstić information content (AvgIpc) is 3.69. The number of hydrogen-bond donors (Lipinski definition) is 0. The molecule has 0 saturated carbocycles.